The summed E-state index contributed by atoms with van der Waals surface area (Å²) in [6.45, 7) is 2.30. The van der Waals surface area contributed by atoms with E-state index in [1.165, 1.54) is 16.4 Å². The maximum atomic E-state index is 13.2. The summed E-state index contributed by atoms with van der Waals surface area (Å²) in [5.41, 5.74) is 2.92. The summed E-state index contributed by atoms with van der Waals surface area (Å²) in [5.74, 6) is -0.277. The van der Waals surface area contributed by atoms with E-state index in [0.29, 0.717) is 12.1 Å². The van der Waals surface area contributed by atoms with Gasteiger partial charge < -0.3 is 5.32 Å². The van der Waals surface area contributed by atoms with Gasteiger partial charge in [0.2, 0.25) is 0 Å². The van der Waals surface area contributed by atoms with E-state index in [0.717, 1.165) is 29.8 Å². The van der Waals surface area contributed by atoms with Crippen LogP contribution in [0.5, 0.6) is 0 Å². The molecule has 0 saturated heterocycles. The number of anilines is 1. The predicted octanol–water partition coefficient (Wildman–Crippen LogP) is 3.71. The van der Waals surface area contributed by atoms with Gasteiger partial charge >= 0.3 is 0 Å². The molecule has 3 aromatic rings. The number of amides is 1. The molecule has 1 aromatic heterocycles. The van der Waals surface area contributed by atoms with Crippen LogP contribution in [-0.4, -0.2) is 25.9 Å². The predicted molar refractivity (Wildman–Crippen MR) is 116 cm³/mol. The van der Waals surface area contributed by atoms with Crippen LogP contribution in [0.2, 0.25) is 0 Å². The van der Waals surface area contributed by atoms with Crippen molar-refractivity contribution in [3.8, 4) is 0 Å². The first-order chi connectivity index (χ1) is 14.5. The van der Waals surface area contributed by atoms with Crippen molar-refractivity contribution < 1.29 is 13.2 Å². The molecule has 0 aliphatic carbocycles. The van der Waals surface area contributed by atoms with Gasteiger partial charge in [0.1, 0.15) is 0 Å². The van der Waals surface area contributed by atoms with Crippen LogP contribution in [0.3, 0.4) is 0 Å². The van der Waals surface area contributed by atoms with Crippen LogP contribution in [0.4, 0.5) is 5.69 Å². The molecule has 1 N–H and O–H groups in total. The minimum absolute atomic E-state index is 0.175. The minimum atomic E-state index is -3.69. The summed E-state index contributed by atoms with van der Waals surface area (Å²) >= 11 is 0. The van der Waals surface area contributed by atoms with Crippen LogP contribution in [0, 0.1) is 0 Å². The van der Waals surface area contributed by atoms with Crippen LogP contribution < -0.4 is 9.62 Å². The van der Waals surface area contributed by atoms with E-state index >= 15 is 0 Å². The number of benzene rings is 2. The smallest absolute Gasteiger partial charge is 0.264 e. The van der Waals surface area contributed by atoms with E-state index in [1.807, 2.05) is 49.4 Å². The Balaban J connectivity index is 1.53. The van der Waals surface area contributed by atoms with Gasteiger partial charge in [-0.25, -0.2) is 8.42 Å². The molecule has 1 atom stereocenters. The van der Waals surface area contributed by atoms with Crippen molar-refractivity contribution in [3.05, 3.63) is 89.7 Å². The summed E-state index contributed by atoms with van der Waals surface area (Å²) in [4.78, 5) is 17.0. The molecule has 30 heavy (non-hydrogen) atoms. The zero-order valence-electron chi connectivity index (χ0n) is 16.7. The topological polar surface area (TPSA) is 79.4 Å². The van der Waals surface area contributed by atoms with E-state index in [9.17, 15) is 13.2 Å². The number of aryl methyl sites for hydroxylation is 1. The Morgan fingerprint density at radius 1 is 1.03 bits per heavy atom. The van der Waals surface area contributed by atoms with Crippen molar-refractivity contribution in [3.63, 3.8) is 0 Å². The van der Waals surface area contributed by atoms with Gasteiger partial charge in [-0.2, -0.15) is 0 Å². The van der Waals surface area contributed by atoms with Crippen LogP contribution in [-0.2, 0) is 16.4 Å². The van der Waals surface area contributed by atoms with Crippen molar-refractivity contribution in [1.82, 2.24) is 10.3 Å². The molecule has 154 valence electrons. The Hall–Kier alpha value is -3.19. The summed E-state index contributed by atoms with van der Waals surface area (Å²) < 4.78 is 27.9. The maximum absolute atomic E-state index is 13.2. The molecule has 4 rings (SSSR count). The molecule has 0 spiro atoms. The van der Waals surface area contributed by atoms with E-state index < -0.39 is 10.0 Å². The van der Waals surface area contributed by atoms with E-state index in [1.54, 1.807) is 18.3 Å². The van der Waals surface area contributed by atoms with Gasteiger partial charge in [-0.1, -0.05) is 24.3 Å². The molecular weight excluding hydrogens is 398 g/mol. The van der Waals surface area contributed by atoms with Crippen LogP contribution in [0.25, 0.3) is 0 Å². The van der Waals surface area contributed by atoms with Crippen molar-refractivity contribution in [2.24, 2.45) is 0 Å². The first kappa shape index (κ1) is 20.1. The quantitative estimate of drug-likeness (QED) is 0.681. The number of sulfonamides is 1. The van der Waals surface area contributed by atoms with E-state index in [4.69, 9.17) is 0 Å². The van der Waals surface area contributed by atoms with Crippen molar-refractivity contribution >= 4 is 21.6 Å². The molecule has 1 aliphatic rings. The molecule has 0 radical (unpaired) electrons. The number of carbonyl (C=O) groups is 1. The summed E-state index contributed by atoms with van der Waals surface area (Å²) in [7, 11) is -3.69. The Morgan fingerprint density at radius 3 is 2.50 bits per heavy atom. The number of hydrogen-bond donors (Lipinski definition) is 1. The van der Waals surface area contributed by atoms with Gasteiger partial charge in [0.15, 0.2) is 0 Å². The van der Waals surface area contributed by atoms with Gasteiger partial charge in [0, 0.05) is 18.3 Å². The number of nitrogens with one attached hydrogen (secondary N) is 1. The molecule has 2 heterocycles. The van der Waals surface area contributed by atoms with Gasteiger partial charge in [-0.3, -0.25) is 14.1 Å². The molecule has 6 nitrogen and oxygen atoms in total. The van der Waals surface area contributed by atoms with Gasteiger partial charge in [0.25, 0.3) is 15.9 Å². The molecular formula is C23H23N3O3S. The number of carbonyl (C=O) groups excluding carboxylic acids is 1. The van der Waals surface area contributed by atoms with E-state index in [2.05, 4.69) is 10.3 Å². The lowest BCUT2D eigenvalue weighted by Crippen LogP contribution is -2.35. The number of rotatable bonds is 5. The molecule has 7 heteroatoms. The third-order valence-electron chi connectivity index (χ3n) is 5.25. The third kappa shape index (κ3) is 3.93. The first-order valence-electron chi connectivity index (χ1n) is 9.89. The molecule has 1 amide bonds. The number of nitrogens with zero attached hydrogens (tertiary/aromatic N) is 2. The molecule has 1 unspecified atom stereocenters. The standard InChI is InChI=1S/C23H23N3O3S/c1-17(21-9-4-5-15-24-21)25-23(27)19-11-13-20(14-12-19)30(28,29)26-16-6-8-18-7-2-3-10-22(18)26/h2-5,7,9-15,17H,6,8,16H2,1H3,(H,25,27). The van der Waals surface area contributed by atoms with Crippen LogP contribution in [0.1, 0.15) is 41.0 Å². The average Bonchev–Trinajstić information content (AvgIpc) is 2.79. The lowest BCUT2D eigenvalue weighted by molar-refractivity contribution is 0.0939. The number of pyridine rings is 1. The number of fused-ring (bicyclic) bond motifs is 1. The largest absolute Gasteiger partial charge is 0.344 e. The monoisotopic (exact) mass is 421 g/mol. The summed E-state index contributed by atoms with van der Waals surface area (Å²) in [6.07, 6.45) is 3.33. The zero-order valence-corrected chi connectivity index (χ0v) is 17.5. The lowest BCUT2D eigenvalue weighted by atomic mass is 10.0. The molecule has 0 fully saturated rings. The van der Waals surface area contributed by atoms with Crippen molar-refractivity contribution in [2.75, 3.05) is 10.8 Å². The fourth-order valence-electron chi connectivity index (χ4n) is 3.64. The number of aromatic nitrogens is 1. The highest BCUT2D eigenvalue weighted by atomic mass is 32.2. The SMILES string of the molecule is CC(NC(=O)c1ccc(S(=O)(=O)N2CCCc3ccccc32)cc1)c1ccccn1. The Bertz CT molecular complexity index is 1150. The van der Waals surface area contributed by atoms with Crippen LogP contribution in [0.15, 0.2) is 77.8 Å². The zero-order chi connectivity index (χ0) is 21.1. The minimum Gasteiger partial charge on any atom is -0.344 e. The lowest BCUT2D eigenvalue weighted by Gasteiger charge is -2.30. The molecule has 1 aliphatic heterocycles. The Kier molecular flexibility index (Phi) is 5.55. The highest BCUT2D eigenvalue weighted by molar-refractivity contribution is 7.92. The van der Waals surface area contributed by atoms with Gasteiger partial charge in [-0.15, -0.1) is 0 Å². The Labute approximate surface area is 176 Å². The number of hydrogen-bond acceptors (Lipinski definition) is 4. The second kappa shape index (κ2) is 8.28. The molecule has 0 bridgehead atoms. The highest BCUT2D eigenvalue weighted by Crippen LogP contribution is 2.31. The highest BCUT2D eigenvalue weighted by Gasteiger charge is 2.29. The van der Waals surface area contributed by atoms with E-state index in [-0.39, 0.29) is 16.8 Å². The fraction of sp³-hybridized carbons (Fsp3) is 0.217. The average molecular weight is 422 g/mol. The van der Waals surface area contributed by atoms with Gasteiger partial charge in [0.05, 0.1) is 22.3 Å². The summed E-state index contributed by atoms with van der Waals surface area (Å²) in [5, 5.41) is 2.89. The first-order valence-corrected chi connectivity index (χ1v) is 11.3. The molecule has 0 saturated carbocycles. The van der Waals surface area contributed by atoms with Crippen LogP contribution >= 0.6 is 0 Å². The molecule has 2 aromatic carbocycles. The fourth-order valence-corrected chi connectivity index (χ4v) is 5.18. The van der Waals surface area contributed by atoms with Gasteiger partial charge in [-0.05, 0) is 67.8 Å². The second-order valence-corrected chi connectivity index (χ2v) is 9.15. The summed E-state index contributed by atoms with van der Waals surface area (Å²) in [6, 6.07) is 18.9. The number of para-hydroxylation sites is 1. The third-order valence-corrected chi connectivity index (χ3v) is 7.08. The normalized spacial score (nSPS) is 14.6. The van der Waals surface area contributed by atoms with Crippen molar-refractivity contribution in [2.45, 2.75) is 30.7 Å². The maximum Gasteiger partial charge on any atom is 0.264 e. The Morgan fingerprint density at radius 2 is 1.77 bits per heavy atom. The second-order valence-electron chi connectivity index (χ2n) is 7.28. The van der Waals surface area contributed by atoms with Crippen molar-refractivity contribution in [1.29, 1.82) is 0 Å².